The van der Waals surface area contributed by atoms with E-state index in [9.17, 15) is 13.2 Å². The Balaban J connectivity index is 1.62. The molecule has 7 heteroatoms. The van der Waals surface area contributed by atoms with Crippen LogP contribution in [0, 0.1) is 0 Å². The molecule has 0 saturated carbocycles. The van der Waals surface area contributed by atoms with E-state index in [1.54, 1.807) is 24.3 Å². The summed E-state index contributed by atoms with van der Waals surface area (Å²) in [7, 11) is -3.18. The summed E-state index contributed by atoms with van der Waals surface area (Å²) in [6.07, 6.45) is 0.648. The van der Waals surface area contributed by atoms with Crippen LogP contribution in [0.2, 0.25) is 0 Å². The van der Waals surface area contributed by atoms with Crippen LogP contribution in [0.4, 0.5) is 11.4 Å². The van der Waals surface area contributed by atoms with Gasteiger partial charge in [-0.2, -0.15) is 0 Å². The van der Waals surface area contributed by atoms with Gasteiger partial charge in [-0.15, -0.1) is 11.8 Å². The lowest BCUT2D eigenvalue weighted by Crippen LogP contribution is -2.25. The van der Waals surface area contributed by atoms with Gasteiger partial charge in [0.25, 0.3) is 0 Å². The van der Waals surface area contributed by atoms with Crippen LogP contribution in [0.3, 0.4) is 0 Å². The molecular weight excluding hydrogens is 356 g/mol. The lowest BCUT2D eigenvalue weighted by molar-refractivity contribution is -0.115. The molecule has 5 nitrogen and oxygen atoms in total. The summed E-state index contributed by atoms with van der Waals surface area (Å²) in [6.45, 7) is 2.37. The highest BCUT2D eigenvalue weighted by atomic mass is 32.2. The Labute approximate surface area is 152 Å². The first-order chi connectivity index (χ1) is 12.0. The topological polar surface area (TPSA) is 66.5 Å². The second-order valence-corrected chi connectivity index (χ2v) is 9.28. The Morgan fingerprint density at radius 1 is 1.12 bits per heavy atom. The van der Waals surface area contributed by atoms with Gasteiger partial charge in [0.15, 0.2) is 0 Å². The minimum Gasteiger partial charge on any atom is -0.325 e. The van der Waals surface area contributed by atoms with Crippen LogP contribution >= 0.6 is 11.8 Å². The van der Waals surface area contributed by atoms with Gasteiger partial charge in [0.05, 0.1) is 16.7 Å². The number of carbonyl (C=O) groups excluding carboxylic acids is 1. The third-order valence-electron chi connectivity index (χ3n) is 3.95. The van der Waals surface area contributed by atoms with Gasteiger partial charge in [0.1, 0.15) is 0 Å². The molecule has 1 amide bonds. The number of rotatable bonds is 5. The average molecular weight is 377 g/mol. The highest BCUT2D eigenvalue weighted by Gasteiger charge is 2.28. The number of nitrogens with one attached hydrogen (secondary N) is 1. The van der Waals surface area contributed by atoms with E-state index in [2.05, 4.69) is 5.32 Å². The van der Waals surface area contributed by atoms with Gasteiger partial charge >= 0.3 is 0 Å². The van der Waals surface area contributed by atoms with Crippen LogP contribution in [0.1, 0.15) is 13.3 Å². The van der Waals surface area contributed by atoms with E-state index in [0.717, 1.165) is 4.90 Å². The number of hydrogen-bond acceptors (Lipinski definition) is 4. The number of benzene rings is 2. The van der Waals surface area contributed by atoms with E-state index >= 15 is 0 Å². The van der Waals surface area contributed by atoms with Gasteiger partial charge in [-0.1, -0.05) is 18.2 Å². The number of anilines is 2. The fraction of sp³-hybridized carbons (Fsp3) is 0.278. The zero-order valence-electron chi connectivity index (χ0n) is 13.9. The molecule has 132 valence electrons. The number of carbonyl (C=O) groups is 1. The molecule has 0 aromatic heterocycles. The molecular formula is C18H20N2O3S2. The van der Waals surface area contributed by atoms with E-state index in [1.807, 2.05) is 37.3 Å². The first-order valence-electron chi connectivity index (χ1n) is 8.09. The molecule has 1 N–H and O–H groups in total. The quantitative estimate of drug-likeness (QED) is 0.813. The lowest BCUT2D eigenvalue weighted by atomic mass is 10.2. The zero-order chi connectivity index (χ0) is 17.9. The SMILES string of the molecule is C[C@H](Sc1ccccc1)C(=O)Nc1ccc(N2CCCS2(=O)=O)cc1. The molecule has 0 spiro atoms. The summed E-state index contributed by atoms with van der Waals surface area (Å²) in [4.78, 5) is 13.4. The molecule has 1 heterocycles. The van der Waals surface area contributed by atoms with Crippen molar-refractivity contribution >= 4 is 39.1 Å². The third kappa shape index (κ3) is 4.35. The van der Waals surface area contributed by atoms with Crippen molar-refractivity contribution in [2.24, 2.45) is 0 Å². The van der Waals surface area contributed by atoms with Crippen molar-refractivity contribution in [3.05, 3.63) is 54.6 Å². The van der Waals surface area contributed by atoms with Crippen molar-refractivity contribution in [2.75, 3.05) is 21.9 Å². The Morgan fingerprint density at radius 3 is 2.40 bits per heavy atom. The smallest absolute Gasteiger partial charge is 0.237 e. The van der Waals surface area contributed by atoms with E-state index in [1.165, 1.54) is 16.1 Å². The monoisotopic (exact) mass is 376 g/mol. The van der Waals surface area contributed by atoms with Crippen molar-refractivity contribution in [3.63, 3.8) is 0 Å². The van der Waals surface area contributed by atoms with Gasteiger partial charge in [-0.25, -0.2) is 8.42 Å². The van der Waals surface area contributed by atoms with E-state index < -0.39 is 10.0 Å². The first-order valence-corrected chi connectivity index (χ1v) is 10.6. The molecule has 3 rings (SSSR count). The summed E-state index contributed by atoms with van der Waals surface area (Å²) in [5, 5.41) is 2.64. The molecule has 0 radical (unpaired) electrons. The number of sulfonamides is 1. The van der Waals surface area contributed by atoms with E-state index in [0.29, 0.717) is 24.3 Å². The van der Waals surface area contributed by atoms with Crippen molar-refractivity contribution in [1.29, 1.82) is 0 Å². The molecule has 1 aliphatic rings. The molecule has 1 fully saturated rings. The number of amides is 1. The van der Waals surface area contributed by atoms with Crippen molar-refractivity contribution in [1.82, 2.24) is 0 Å². The third-order valence-corrected chi connectivity index (χ3v) is 6.93. The summed E-state index contributed by atoms with van der Waals surface area (Å²) >= 11 is 1.49. The number of nitrogens with zero attached hydrogens (tertiary/aromatic N) is 1. The highest BCUT2D eigenvalue weighted by molar-refractivity contribution is 8.00. The number of hydrogen-bond donors (Lipinski definition) is 1. The van der Waals surface area contributed by atoms with Gasteiger partial charge in [-0.3, -0.25) is 9.10 Å². The van der Waals surface area contributed by atoms with Crippen LogP contribution in [0.15, 0.2) is 59.5 Å². The van der Waals surface area contributed by atoms with Crippen molar-refractivity contribution < 1.29 is 13.2 Å². The maximum absolute atomic E-state index is 12.3. The summed E-state index contributed by atoms with van der Waals surface area (Å²) in [5.74, 6) is 0.107. The first kappa shape index (κ1) is 17.8. The van der Waals surface area contributed by atoms with Gasteiger partial charge in [-0.05, 0) is 49.7 Å². The predicted molar refractivity (Wildman–Crippen MR) is 103 cm³/mol. The lowest BCUT2D eigenvalue weighted by Gasteiger charge is -2.17. The molecule has 0 bridgehead atoms. The maximum Gasteiger partial charge on any atom is 0.237 e. The molecule has 1 saturated heterocycles. The molecule has 1 aliphatic heterocycles. The minimum atomic E-state index is -3.18. The molecule has 25 heavy (non-hydrogen) atoms. The Morgan fingerprint density at radius 2 is 1.80 bits per heavy atom. The van der Waals surface area contributed by atoms with Crippen LogP contribution in [-0.4, -0.2) is 31.9 Å². The second-order valence-electron chi connectivity index (χ2n) is 5.85. The fourth-order valence-electron chi connectivity index (χ4n) is 2.64. The van der Waals surface area contributed by atoms with Crippen molar-refractivity contribution in [2.45, 2.75) is 23.5 Å². The molecule has 0 aliphatic carbocycles. The zero-order valence-corrected chi connectivity index (χ0v) is 15.5. The van der Waals surface area contributed by atoms with Crippen LogP contribution < -0.4 is 9.62 Å². The normalized spacial score (nSPS) is 17.2. The standard InChI is InChI=1S/C18H20N2O3S2/c1-14(24-17-6-3-2-4-7-17)18(21)19-15-8-10-16(11-9-15)20-12-5-13-25(20,22)23/h2-4,6-11,14H,5,12-13H2,1H3,(H,19,21)/t14-/m0/s1. The van der Waals surface area contributed by atoms with Crippen LogP contribution in [0.25, 0.3) is 0 Å². The predicted octanol–water partition coefficient (Wildman–Crippen LogP) is 3.35. The van der Waals surface area contributed by atoms with Crippen molar-refractivity contribution in [3.8, 4) is 0 Å². The molecule has 0 unspecified atom stereocenters. The van der Waals surface area contributed by atoms with Gasteiger partial charge < -0.3 is 5.32 Å². The Hall–Kier alpha value is -1.99. The summed E-state index contributed by atoms with van der Waals surface area (Å²) in [5.41, 5.74) is 1.30. The maximum atomic E-state index is 12.3. The van der Waals surface area contributed by atoms with Gasteiger partial charge in [0, 0.05) is 17.1 Å². The highest BCUT2D eigenvalue weighted by Crippen LogP contribution is 2.26. The summed E-state index contributed by atoms with van der Waals surface area (Å²) < 4.78 is 25.3. The molecule has 2 aromatic rings. The largest absolute Gasteiger partial charge is 0.325 e. The Bertz CT molecular complexity index is 836. The minimum absolute atomic E-state index is 0.0876. The average Bonchev–Trinajstić information content (AvgIpc) is 2.95. The van der Waals surface area contributed by atoms with Gasteiger partial charge in [0.2, 0.25) is 15.9 Å². The van der Waals surface area contributed by atoms with Crippen LogP contribution in [0.5, 0.6) is 0 Å². The molecule has 1 atom stereocenters. The van der Waals surface area contributed by atoms with E-state index in [4.69, 9.17) is 0 Å². The Kier molecular flexibility index (Phi) is 5.34. The molecule has 2 aromatic carbocycles. The number of thioether (sulfide) groups is 1. The fourth-order valence-corrected chi connectivity index (χ4v) is 5.09. The van der Waals surface area contributed by atoms with E-state index in [-0.39, 0.29) is 16.9 Å². The van der Waals surface area contributed by atoms with Crippen LogP contribution in [-0.2, 0) is 14.8 Å². The summed E-state index contributed by atoms with van der Waals surface area (Å²) in [6, 6.07) is 16.7. The second kappa shape index (κ2) is 7.49.